The summed E-state index contributed by atoms with van der Waals surface area (Å²) in [5.74, 6) is 1.59. The van der Waals surface area contributed by atoms with Crippen LogP contribution < -0.4 is 5.32 Å². The highest BCUT2D eigenvalue weighted by molar-refractivity contribution is 4.97. The molecule has 2 aliphatic heterocycles. The molecule has 2 saturated heterocycles. The Kier molecular flexibility index (Phi) is 2.85. The molecule has 0 radical (unpaired) electrons. The van der Waals surface area contributed by atoms with Crippen molar-refractivity contribution >= 4 is 0 Å². The van der Waals surface area contributed by atoms with Gasteiger partial charge < -0.3 is 19.3 Å². The molecular weight excluding hydrogens is 222 g/mol. The third-order valence-electron chi connectivity index (χ3n) is 3.32. The van der Waals surface area contributed by atoms with E-state index < -0.39 is 0 Å². The average molecular weight is 239 g/mol. The molecule has 0 aromatic carbocycles. The van der Waals surface area contributed by atoms with Crippen molar-refractivity contribution in [3.05, 3.63) is 11.7 Å². The molecule has 94 valence electrons. The summed E-state index contributed by atoms with van der Waals surface area (Å²) in [6.45, 7) is 5.70. The smallest absolute Gasteiger partial charge is 0.252 e. The summed E-state index contributed by atoms with van der Waals surface area (Å²) in [7, 11) is 0. The fourth-order valence-corrected chi connectivity index (χ4v) is 2.05. The maximum Gasteiger partial charge on any atom is 0.252 e. The maximum atomic E-state index is 5.74. The first-order valence-corrected chi connectivity index (χ1v) is 6.00. The van der Waals surface area contributed by atoms with Gasteiger partial charge >= 0.3 is 0 Å². The van der Waals surface area contributed by atoms with Gasteiger partial charge in [0.15, 0.2) is 5.82 Å². The first-order chi connectivity index (χ1) is 8.25. The first kappa shape index (κ1) is 11.1. The molecule has 1 N–H and O–H groups in total. The number of hydrogen-bond donors (Lipinski definition) is 1. The van der Waals surface area contributed by atoms with Crippen LogP contribution in [0.5, 0.6) is 0 Å². The molecule has 1 atom stereocenters. The van der Waals surface area contributed by atoms with Gasteiger partial charge in [-0.3, -0.25) is 0 Å². The second kappa shape index (κ2) is 4.36. The van der Waals surface area contributed by atoms with E-state index in [2.05, 4.69) is 22.4 Å². The van der Waals surface area contributed by atoms with Crippen molar-refractivity contribution in [1.82, 2.24) is 15.5 Å². The zero-order valence-corrected chi connectivity index (χ0v) is 9.94. The quantitative estimate of drug-likeness (QED) is 0.822. The van der Waals surface area contributed by atoms with E-state index in [-0.39, 0.29) is 11.5 Å². The molecule has 3 rings (SSSR count). The highest BCUT2D eigenvalue weighted by Crippen LogP contribution is 2.23. The Balaban J connectivity index is 1.56. The molecule has 17 heavy (non-hydrogen) atoms. The molecule has 0 spiro atoms. The van der Waals surface area contributed by atoms with Crippen LogP contribution in [0.2, 0.25) is 0 Å². The van der Waals surface area contributed by atoms with E-state index in [1.807, 2.05) is 0 Å². The van der Waals surface area contributed by atoms with E-state index in [4.69, 9.17) is 14.0 Å². The van der Waals surface area contributed by atoms with E-state index in [1.165, 1.54) is 0 Å². The fraction of sp³-hybridized carbons (Fsp3) is 0.818. The van der Waals surface area contributed by atoms with Gasteiger partial charge in [-0.2, -0.15) is 4.98 Å². The van der Waals surface area contributed by atoms with Gasteiger partial charge in [-0.05, 0) is 13.3 Å². The van der Waals surface area contributed by atoms with Gasteiger partial charge in [0, 0.05) is 25.6 Å². The van der Waals surface area contributed by atoms with E-state index >= 15 is 0 Å². The third-order valence-corrected chi connectivity index (χ3v) is 3.32. The Bertz CT molecular complexity index is 383. The van der Waals surface area contributed by atoms with Crippen LogP contribution in [0.4, 0.5) is 0 Å². The van der Waals surface area contributed by atoms with Crippen molar-refractivity contribution < 1.29 is 14.0 Å². The molecule has 1 aromatic rings. The second-order valence-corrected chi connectivity index (χ2v) is 4.95. The monoisotopic (exact) mass is 239 g/mol. The minimum atomic E-state index is -0.0783. The van der Waals surface area contributed by atoms with Crippen LogP contribution in [-0.2, 0) is 16.1 Å². The maximum absolute atomic E-state index is 5.74. The summed E-state index contributed by atoms with van der Waals surface area (Å²) >= 11 is 0. The predicted octanol–water partition coefficient (Wildman–Crippen LogP) is 0.452. The lowest BCUT2D eigenvalue weighted by atomic mass is 10.0. The predicted molar refractivity (Wildman–Crippen MR) is 58.5 cm³/mol. The van der Waals surface area contributed by atoms with Crippen LogP contribution in [0.1, 0.15) is 31.0 Å². The molecule has 0 bridgehead atoms. The standard InChI is InChI=1S/C11H17N3O3/c1-11(6-12-7-11)16-5-9-13-10(14-17-9)8-2-3-15-4-8/h8,12H,2-7H2,1H3. The molecule has 2 aliphatic rings. The Labute approximate surface area is 99.7 Å². The summed E-state index contributed by atoms with van der Waals surface area (Å²) in [5.41, 5.74) is -0.0783. The summed E-state index contributed by atoms with van der Waals surface area (Å²) in [6.07, 6.45) is 0.974. The largest absolute Gasteiger partial charge is 0.381 e. The zero-order valence-electron chi connectivity index (χ0n) is 9.94. The molecule has 1 unspecified atom stereocenters. The Hall–Kier alpha value is -0.980. The average Bonchev–Trinajstić information content (AvgIpc) is 2.93. The number of aromatic nitrogens is 2. The van der Waals surface area contributed by atoms with Gasteiger partial charge in [0.25, 0.3) is 5.89 Å². The second-order valence-electron chi connectivity index (χ2n) is 4.95. The Morgan fingerprint density at radius 3 is 3.06 bits per heavy atom. The van der Waals surface area contributed by atoms with Gasteiger partial charge in [0.05, 0.1) is 12.2 Å². The van der Waals surface area contributed by atoms with E-state index in [1.54, 1.807) is 0 Å². The first-order valence-electron chi connectivity index (χ1n) is 6.00. The molecule has 3 heterocycles. The number of nitrogens with one attached hydrogen (secondary N) is 1. The summed E-state index contributed by atoms with van der Waals surface area (Å²) in [6, 6.07) is 0. The third kappa shape index (κ3) is 2.34. The Morgan fingerprint density at radius 2 is 2.41 bits per heavy atom. The van der Waals surface area contributed by atoms with Crippen LogP contribution in [0.15, 0.2) is 4.52 Å². The van der Waals surface area contributed by atoms with Crippen molar-refractivity contribution in [3.63, 3.8) is 0 Å². The van der Waals surface area contributed by atoms with Crippen LogP contribution in [-0.4, -0.2) is 42.0 Å². The van der Waals surface area contributed by atoms with Gasteiger partial charge in [0.2, 0.25) is 0 Å². The zero-order chi connectivity index (χ0) is 11.7. The lowest BCUT2D eigenvalue weighted by Gasteiger charge is -2.38. The highest BCUT2D eigenvalue weighted by atomic mass is 16.5. The summed E-state index contributed by atoms with van der Waals surface area (Å²) < 4.78 is 16.2. The molecule has 6 nitrogen and oxygen atoms in total. The van der Waals surface area contributed by atoms with Gasteiger partial charge in [0.1, 0.15) is 6.61 Å². The molecule has 6 heteroatoms. The van der Waals surface area contributed by atoms with Crippen LogP contribution in [0.25, 0.3) is 0 Å². The number of hydrogen-bond acceptors (Lipinski definition) is 6. The van der Waals surface area contributed by atoms with Crippen molar-refractivity contribution in [3.8, 4) is 0 Å². The summed E-state index contributed by atoms with van der Waals surface area (Å²) in [4.78, 5) is 4.35. The Morgan fingerprint density at radius 1 is 1.53 bits per heavy atom. The van der Waals surface area contributed by atoms with Crippen LogP contribution in [0.3, 0.4) is 0 Å². The van der Waals surface area contributed by atoms with Gasteiger partial charge in [-0.15, -0.1) is 0 Å². The molecule has 0 aliphatic carbocycles. The van der Waals surface area contributed by atoms with Gasteiger partial charge in [-0.25, -0.2) is 0 Å². The minimum absolute atomic E-state index is 0.0783. The van der Waals surface area contributed by atoms with Crippen molar-refractivity contribution in [2.24, 2.45) is 0 Å². The van der Waals surface area contributed by atoms with Gasteiger partial charge in [-0.1, -0.05) is 5.16 Å². The lowest BCUT2D eigenvalue weighted by molar-refractivity contribution is -0.0841. The summed E-state index contributed by atoms with van der Waals surface area (Å²) in [5, 5.41) is 7.16. The van der Waals surface area contributed by atoms with E-state index in [9.17, 15) is 0 Å². The molecular formula is C11H17N3O3. The normalized spacial score (nSPS) is 27.0. The molecule has 2 fully saturated rings. The van der Waals surface area contributed by atoms with Crippen molar-refractivity contribution in [1.29, 1.82) is 0 Å². The number of nitrogens with zero attached hydrogens (tertiary/aromatic N) is 2. The molecule has 0 saturated carbocycles. The van der Waals surface area contributed by atoms with Crippen LogP contribution in [0, 0.1) is 0 Å². The van der Waals surface area contributed by atoms with Crippen LogP contribution >= 0.6 is 0 Å². The molecule has 1 aromatic heterocycles. The SMILES string of the molecule is CC1(OCc2nc(C3CCOC3)no2)CNC1. The topological polar surface area (TPSA) is 69.4 Å². The minimum Gasteiger partial charge on any atom is -0.381 e. The van der Waals surface area contributed by atoms with Crippen molar-refractivity contribution in [2.75, 3.05) is 26.3 Å². The van der Waals surface area contributed by atoms with E-state index in [0.717, 1.165) is 31.9 Å². The fourth-order valence-electron chi connectivity index (χ4n) is 2.05. The van der Waals surface area contributed by atoms with E-state index in [0.29, 0.717) is 19.1 Å². The lowest BCUT2D eigenvalue weighted by Crippen LogP contribution is -2.58. The number of rotatable bonds is 4. The molecule has 0 amide bonds. The number of ether oxygens (including phenoxy) is 2. The highest BCUT2D eigenvalue weighted by Gasteiger charge is 2.33. The van der Waals surface area contributed by atoms with Crippen molar-refractivity contribution in [2.45, 2.75) is 31.5 Å².